The maximum absolute atomic E-state index is 11.4. The van der Waals surface area contributed by atoms with Gasteiger partial charge >= 0.3 is 0 Å². The van der Waals surface area contributed by atoms with Crippen molar-refractivity contribution in [2.75, 3.05) is 6.54 Å². The average molecular weight is 167 g/mol. The van der Waals surface area contributed by atoms with Gasteiger partial charge < -0.3 is 10.0 Å². The lowest BCUT2D eigenvalue weighted by atomic mass is 10.2. The Morgan fingerprint density at radius 3 is 2.58 bits per heavy atom. The molecule has 0 saturated heterocycles. The van der Waals surface area contributed by atoms with Crippen molar-refractivity contribution < 1.29 is 9.90 Å². The van der Waals surface area contributed by atoms with Crippen LogP contribution in [-0.2, 0) is 4.79 Å². The normalized spacial score (nSPS) is 23.8. The number of carbonyl (C=O) groups is 1. The second-order valence-electron chi connectivity index (χ2n) is 2.93. The lowest BCUT2D eigenvalue weighted by molar-refractivity contribution is -0.130. The van der Waals surface area contributed by atoms with Gasteiger partial charge in [0.2, 0.25) is 0 Å². The van der Waals surface area contributed by atoms with Crippen LogP contribution in [-0.4, -0.2) is 28.7 Å². The minimum Gasteiger partial charge on any atom is -0.369 e. The minimum atomic E-state index is -0.754. The number of hydrogen-bond donors (Lipinski definition) is 1. The van der Waals surface area contributed by atoms with Crippen LogP contribution in [0, 0.1) is 0 Å². The summed E-state index contributed by atoms with van der Waals surface area (Å²) < 4.78 is 0. The molecule has 0 radical (unpaired) electrons. The summed E-state index contributed by atoms with van der Waals surface area (Å²) in [4.78, 5) is 12.8. The zero-order valence-corrected chi connectivity index (χ0v) is 7.37. The zero-order chi connectivity index (χ0) is 9.30. The number of carbonyl (C=O) groups excluding carboxylic acids is 1. The highest BCUT2D eigenvalue weighted by Gasteiger charge is 2.31. The number of amides is 1. The Morgan fingerprint density at radius 2 is 2.25 bits per heavy atom. The highest BCUT2D eigenvalue weighted by molar-refractivity contribution is 5.96. The Bertz CT molecular complexity index is 255. The van der Waals surface area contributed by atoms with E-state index < -0.39 is 6.23 Å². The lowest BCUT2D eigenvalue weighted by Crippen LogP contribution is -2.35. The molecule has 1 aliphatic rings. The molecule has 0 saturated carbocycles. The summed E-state index contributed by atoms with van der Waals surface area (Å²) in [5.74, 6) is -0.0973. The van der Waals surface area contributed by atoms with Crippen molar-refractivity contribution in [3.63, 3.8) is 0 Å². The van der Waals surface area contributed by atoms with E-state index in [0.717, 1.165) is 5.57 Å². The molecule has 1 atom stereocenters. The molecule has 0 fully saturated rings. The molecule has 1 rings (SSSR count). The van der Waals surface area contributed by atoms with Gasteiger partial charge in [-0.25, -0.2) is 0 Å². The highest BCUT2D eigenvalue weighted by atomic mass is 16.3. The standard InChI is InChI=1S/C9H13NO2/c1-4-5-10-8(11)6(2)7(3)9(10)12/h4,8,11H,1,5H2,2-3H3/t8-/m1/s1. The van der Waals surface area contributed by atoms with Crippen molar-refractivity contribution >= 4 is 5.91 Å². The summed E-state index contributed by atoms with van der Waals surface area (Å²) in [6.07, 6.45) is 0.850. The van der Waals surface area contributed by atoms with Gasteiger partial charge in [-0.2, -0.15) is 0 Å². The molecule has 3 nitrogen and oxygen atoms in total. The van der Waals surface area contributed by atoms with Gasteiger partial charge in [-0.1, -0.05) is 6.08 Å². The third kappa shape index (κ3) is 1.16. The second kappa shape index (κ2) is 3.11. The molecule has 0 aromatic carbocycles. The fourth-order valence-corrected chi connectivity index (χ4v) is 1.24. The first-order valence-corrected chi connectivity index (χ1v) is 3.87. The van der Waals surface area contributed by atoms with Crippen LogP contribution in [0.25, 0.3) is 0 Å². The van der Waals surface area contributed by atoms with Crippen LogP contribution in [0.4, 0.5) is 0 Å². The van der Waals surface area contributed by atoms with Crippen molar-refractivity contribution in [3.8, 4) is 0 Å². The molecule has 12 heavy (non-hydrogen) atoms. The molecule has 0 spiro atoms. The second-order valence-corrected chi connectivity index (χ2v) is 2.93. The maximum Gasteiger partial charge on any atom is 0.252 e. The SMILES string of the molecule is C=CCN1C(=O)C(C)=C(C)[C@H]1O. The predicted octanol–water partition coefficient (Wildman–Crippen LogP) is 0.669. The highest BCUT2D eigenvalue weighted by Crippen LogP contribution is 2.22. The topological polar surface area (TPSA) is 40.5 Å². The first-order chi connectivity index (χ1) is 5.59. The Balaban J connectivity index is 2.87. The summed E-state index contributed by atoms with van der Waals surface area (Å²) in [6, 6.07) is 0. The van der Waals surface area contributed by atoms with Crippen LogP contribution in [0.3, 0.4) is 0 Å². The fraction of sp³-hybridized carbons (Fsp3) is 0.444. The van der Waals surface area contributed by atoms with E-state index in [2.05, 4.69) is 6.58 Å². The first kappa shape index (κ1) is 9.00. The molecule has 0 bridgehead atoms. The van der Waals surface area contributed by atoms with Gasteiger partial charge in [0.15, 0.2) is 6.23 Å². The van der Waals surface area contributed by atoms with E-state index in [4.69, 9.17) is 0 Å². The number of rotatable bonds is 2. The van der Waals surface area contributed by atoms with Gasteiger partial charge in [-0.15, -0.1) is 6.58 Å². The Hall–Kier alpha value is -1.09. The van der Waals surface area contributed by atoms with E-state index >= 15 is 0 Å². The summed E-state index contributed by atoms with van der Waals surface area (Å²) in [5.41, 5.74) is 1.38. The van der Waals surface area contributed by atoms with Crippen LogP contribution in [0.1, 0.15) is 13.8 Å². The van der Waals surface area contributed by atoms with E-state index in [1.54, 1.807) is 19.9 Å². The van der Waals surface area contributed by atoms with Gasteiger partial charge in [0, 0.05) is 12.1 Å². The maximum atomic E-state index is 11.4. The third-order valence-corrected chi connectivity index (χ3v) is 2.18. The van der Waals surface area contributed by atoms with Gasteiger partial charge in [0.1, 0.15) is 0 Å². The fourth-order valence-electron chi connectivity index (χ4n) is 1.24. The van der Waals surface area contributed by atoms with Crippen molar-refractivity contribution in [3.05, 3.63) is 23.8 Å². The van der Waals surface area contributed by atoms with Crippen LogP contribution in [0.5, 0.6) is 0 Å². The number of aliphatic hydroxyl groups excluding tert-OH is 1. The van der Waals surface area contributed by atoms with E-state index in [0.29, 0.717) is 12.1 Å². The molecular weight excluding hydrogens is 154 g/mol. The molecule has 1 heterocycles. The summed E-state index contributed by atoms with van der Waals surface area (Å²) in [6.45, 7) is 7.41. The van der Waals surface area contributed by atoms with Gasteiger partial charge in [-0.3, -0.25) is 4.79 Å². The largest absolute Gasteiger partial charge is 0.369 e. The number of hydrogen-bond acceptors (Lipinski definition) is 2. The summed E-state index contributed by atoms with van der Waals surface area (Å²) >= 11 is 0. The molecule has 0 unspecified atom stereocenters. The average Bonchev–Trinajstić information content (AvgIpc) is 2.23. The molecule has 3 heteroatoms. The Labute approximate surface area is 72.0 Å². The van der Waals surface area contributed by atoms with Crippen LogP contribution in [0.15, 0.2) is 23.8 Å². The van der Waals surface area contributed by atoms with E-state index in [9.17, 15) is 9.90 Å². The minimum absolute atomic E-state index is 0.0973. The van der Waals surface area contributed by atoms with Crippen molar-refractivity contribution in [2.45, 2.75) is 20.1 Å². The number of aliphatic hydroxyl groups is 1. The van der Waals surface area contributed by atoms with Gasteiger partial charge in [0.05, 0.1) is 0 Å². The Kier molecular flexibility index (Phi) is 2.33. The van der Waals surface area contributed by atoms with Crippen molar-refractivity contribution in [1.29, 1.82) is 0 Å². The van der Waals surface area contributed by atoms with Crippen LogP contribution < -0.4 is 0 Å². The molecule has 0 aromatic heterocycles. The van der Waals surface area contributed by atoms with Gasteiger partial charge in [0.25, 0.3) is 5.91 Å². The van der Waals surface area contributed by atoms with Gasteiger partial charge in [-0.05, 0) is 19.4 Å². The monoisotopic (exact) mass is 167 g/mol. The molecule has 1 amide bonds. The van der Waals surface area contributed by atoms with Crippen LogP contribution in [0.2, 0.25) is 0 Å². The summed E-state index contributed by atoms with van der Waals surface area (Å²) in [5, 5.41) is 9.53. The number of nitrogens with zero attached hydrogens (tertiary/aromatic N) is 1. The molecular formula is C9H13NO2. The molecule has 1 N–H and O–H groups in total. The molecule has 1 aliphatic heterocycles. The zero-order valence-electron chi connectivity index (χ0n) is 7.37. The third-order valence-electron chi connectivity index (χ3n) is 2.18. The Morgan fingerprint density at radius 1 is 1.67 bits per heavy atom. The van der Waals surface area contributed by atoms with Crippen molar-refractivity contribution in [2.24, 2.45) is 0 Å². The summed E-state index contributed by atoms with van der Waals surface area (Å²) in [7, 11) is 0. The first-order valence-electron chi connectivity index (χ1n) is 3.87. The molecule has 0 aromatic rings. The quantitative estimate of drug-likeness (QED) is 0.614. The molecule has 66 valence electrons. The molecule has 0 aliphatic carbocycles. The predicted molar refractivity (Wildman–Crippen MR) is 46.3 cm³/mol. The van der Waals surface area contributed by atoms with E-state index in [1.807, 2.05) is 0 Å². The van der Waals surface area contributed by atoms with Crippen LogP contribution >= 0.6 is 0 Å². The lowest BCUT2D eigenvalue weighted by Gasteiger charge is -2.19. The smallest absolute Gasteiger partial charge is 0.252 e. The van der Waals surface area contributed by atoms with E-state index in [-0.39, 0.29) is 5.91 Å². The van der Waals surface area contributed by atoms with E-state index in [1.165, 1.54) is 4.90 Å². The van der Waals surface area contributed by atoms with Crippen molar-refractivity contribution in [1.82, 2.24) is 4.90 Å².